The quantitative estimate of drug-likeness (QED) is 0.648. The molecule has 0 spiro atoms. The van der Waals surface area contributed by atoms with Gasteiger partial charge in [0, 0.05) is 19.2 Å². The van der Waals surface area contributed by atoms with Crippen LogP contribution in [0.1, 0.15) is 5.56 Å². The lowest BCUT2D eigenvalue weighted by Crippen LogP contribution is -2.32. The first-order chi connectivity index (χ1) is 9.10. The summed E-state index contributed by atoms with van der Waals surface area (Å²) in [6.07, 6.45) is 4.61. The van der Waals surface area contributed by atoms with Crippen LogP contribution in [0.15, 0.2) is 36.9 Å². The second kappa shape index (κ2) is 8.00. The van der Waals surface area contributed by atoms with E-state index in [1.807, 2.05) is 0 Å². The monoisotopic (exact) mass is 299 g/mol. The fraction of sp³-hybridized carbons (Fsp3) is 0.214. The maximum absolute atomic E-state index is 11.9. The van der Waals surface area contributed by atoms with Crippen molar-refractivity contribution in [2.45, 2.75) is 0 Å². The summed E-state index contributed by atoms with van der Waals surface area (Å²) in [7, 11) is 0. The van der Waals surface area contributed by atoms with Gasteiger partial charge in [0.2, 0.25) is 5.91 Å². The van der Waals surface area contributed by atoms with E-state index >= 15 is 0 Å². The van der Waals surface area contributed by atoms with E-state index < -0.39 is 0 Å². The van der Waals surface area contributed by atoms with E-state index in [1.54, 1.807) is 30.4 Å². The SMILES string of the molecule is C=CCN(CCO)C(=O)/C=C/c1cccc(Cl)c1Cl. The molecule has 0 bridgehead atoms. The molecule has 3 nitrogen and oxygen atoms in total. The highest BCUT2D eigenvalue weighted by molar-refractivity contribution is 6.42. The van der Waals surface area contributed by atoms with E-state index in [4.69, 9.17) is 28.3 Å². The molecule has 19 heavy (non-hydrogen) atoms. The van der Waals surface area contributed by atoms with Gasteiger partial charge in [-0.15, -0.1) is 6.58 Å². The van der Waals surface area contributed by atoms with Crippen molar-refractivity contribution in [3.05, 3.63) is 52.5 Å². The van der Waals surface area contributed by atoms with Gasteiger partial charge in [0.1, 0.15) is 0 Å². The van der Waals surface area contributed by atoms with Crippen LogP contribution in [-0.4, -0.2) is 35.6 Å². The Hall–Kier alpha value is -1.29. The number of hydrogen-bond acceptors (Lipinski definition) is 2. The predicted molar refractivity (Wildman–Crippen MR) is 79.4 cm³/mol. The Morgan fingerprint density at radius 2 is 2.16 bits per heavy atom. The summed E-state index contributed by atoms with van der Waals surface area (Å²) in [5, 5.41) is 9.73. The van der Waals surface area contributed by atoms with Crippen molar-refractivity contribution in [2.75, 3.05) is 19.7 Å². The van der Waals surface area contributed by atoms with E-state index in [0.29, 0.717) is 22.2 Å². The van der Waals surface area contributed by atoms with E-state index in [9.17, 15) is 4.79 Å². The molecule has 0 saturated heterocycles. The second-order valence-corrected chi connectivity index (χ2v) is 4.56. The van der Waals surface area contributed by atoms with Gasteiger partial charge >= 0.3 is 0 Å². The molecule has 5 heteroatoms. The molecule has 1 rings (SSSR count). The summed E-state index contributed by atoms with van der Waals surface area (Å²) < 4.78 is 0. The van der Waals surface area contributed by atoms with Crippen LogP contribution < -0.4 is 0 Å². The molecular weight excluding hydrogens is 285 g/mol. The zero-order valence-electron chi connectivity index (χ0n) is 10.4. The molecule has 1 aromatic rings. The van der Waals surface area contributed by atoms with Crippen LogP contribution in [0.3, 0.4) is 0 Å². The number of aliphatic hydroxyl groups excluding tert-OH is 1. The number of carbonyl (C=O) groups excluding carboxylic acids is 1. The van der Waals surface area contributed by atoms with Crippen molar-refractivity contribution >= 4 is 35.2 Å². The molecular formula is C14H15Cl2NO2. The summed E-state index contributed by atoms with van der Waals surface area (Å²) in [4.78, 5) is 13.4. The zero-order valence-corrected chi connectivity index (χ0v) is 11.9. The Kier molecular flexibility index (Phi) is 6.64. The third-order valence-electron chi connectivity index (χ3n) is 2.42. The lowest BCUT2D eigenvalue weighted by atomic mass is 10.2. The number of aliphatic hydroxyl groups is 1. The lowest BCUT2D eigenvalue weighted by molar-refractivity contribution is -0.125. The molecule has 102 valence electrons. The highest BCUT2D eigenvalue weighted by Gasteiger charge is 2.08. The van der Waals surface area contributed by atoms with Gasteiger partial charge < -0.3 is 10.0 Å². The molecule has 0 aliphatic heterocycles. The Bertz CT molecular complexity index is 486. The molecule has 1 N–H and O–H groups in total. The summed E-state index contributed by atoms with van der Waals surface area (Å²) in [5.41, 5.74) is 0.671. The molecule has 1 aromatic carbocycles. The van der Waals surface area contributed by atoms with Gasteiger partial charge in [-0.05, 0) is 17.7 Å². The molecule has 0 radical (unpaired) electrons. The third-order valence-corrected chi connectivity index (χ3v) is 3.25. The predicted octanol–water partition coefficient (Wildman–Crippen LogP) is 3.01. The van der Waals surface area contributed by atoms with Crippen LogP contribution in [0.2, 0.25) is 10.0 Å². The molecule has 0 heterocycles. The highest BCUT2D eigenvalue weighted by atomic mass is 35.5. The first-order valence-electron chi connectivity index (χ1n) is 5.73. The van der Waals surface area contributed by atoms with Crippen molar-refractivity contribution in [1.82, 2.24) is 4.90 Å². The second-order valence-electron chi connectivity index (χ2n) is 3.77. The zero-order chi connectivity index (χ0) is 14.3. The fourth-order valence-electron chi connectivity index (χ4n) is 1.48. The van der Waals surface area contributed by atoms with Gasteiger partial charge in [0.05, 0.1) is 16.7 Å². The minimum atomic E-state index is -0.218. The van der Waals surface area contributed by atoms with Crippen LogP contribution in [0.25, 0.3) is 6.08 Å². The van der Waals surface area contributed by atoms with Crippen molar-refractivity contribution in [2.24, 2.45) is 0 Å². The normalized spacial score (nSPS) is 10.7. The number of halogens is 2. The molecule has 0 aliphatic carbocycles. The fourth-order valence-corrected chi connectivity index (χ4v) is 1.85. The summed E-state index contributed by atoms with van der Waals surface area (Å²) in [5.74, 6) is -0.218. The standard InChI is InChI=1S/C14H15Cl2NO2/c1-2-8-17(9-10-18)13(19)7-6-11-4-3-5-12(15)14(11)16/h2-7,18H,1,8-10H2/b7-6+. The first-order valence-corrected chi connectivity index (χ1v) is 6.48. The number of carbonyl (C=O) groups is 1. The average Bonchev–Trinajstić information content (AvgIpc) is 2.40. The number of benzene rings is 1. The maximum atomic E-state index is 11.9. The van der Waals surface area contributed by atoms with Crippen LogP contribution in [0.5, 0.6) is 0 Å². The summed E-state index contributed by atoms with van der Waals surface area (Å²) in [6.45, 7) is 4.12. The first kappa shape index (κ1) is 15.8. The topological polar surface area (TPSA) is 40.5 Å². The minimum absolute atomic E-state index is 0.0919. The van der Waals surface area contributed by atoms with E-state index in [1.165, 1.54) is 11.0 Å². The molecule has 0 saturated carbocycles. The number of hydrogen-bond donors (Lipinski definition) is 1. The van der Waals surface area contributed by atoms with Gasteiger partial charge in [-0.1, -0.05) is 41.4 Å². The minimum Gasteiger partial charge on any atom is -0.395 e. The van der Waals surface area contributed by atoms with Crippen LogP contribution in [0.4, 0.5) is 0 Å². The van der Waals surface area contributed by atoms with Crippen LogP contribution in [0, 0.1) is 0 Å². The smallest absolute Gasteiger partial charge is 0.246 e. The largest absolute Gasteiger partial charge is 0.395 e. The lowest BCUT2D eigenvalue weighted by Gasteiger charge is -2.17. The molecule has 0 atom stereocenters. The van der Waals surface area contributed by atoms with Gasteiger partial charge in [0.15, 0.2) is 0 Å². The Morgan fingerprint density at radius 1 is 1.42 bits per heavy atom. The molecule has 1 amide bonds. The van der Waals surface area contributed by atoms with E-state index in [2.05, 4.69) is 6.58 Å². The van der Waals surface area contributed by atoms with Crippen molar-refractivity contribution in [3.8, 4) is 0 Å². The van der Waals surface area contributed by atoms with E-state index in [-0.39, 0.29) is 19.1 Å². The summed E-state index contributed by atoms with van der Waals surface area (Å²) >= 11 is 11.9. The van der Waals surface area contributed by atoms with Gasteiger partial charge in [0.25, 0.3) is 0 Å². The Labute approximate surface area is 122 Å². The molecule has 0 aromatic heterocycles. The molecule has 0 fully saturated rings. The van der Waals surface area contributed by atoms with Crippen molar-refractivity contribution in [3.63, 3.8) is 0 Å². The van der Waals surface area contributed by atoms with Crippen molar-refractivity contribution < 1.29 is 9.90 Å². The van der Waals surface area contributed by atoms with Gasteiger partial charge in [-0.2, -0.15) is 0 Å². The average molecular weight is 300 g/mol. The number of nitrogens with zero attached hydrogens (tertiary/aromatic N) is 1. The van der Waals surface area contributed by atoms with Crippen LogP contribution in [-0.2, 0) is 4.79 Å². The van der Waals surface area contributed by atoms with E-state index in [0.717, 1.165) is 0 Å². The van der Waals surface area contributed by atoms with Gasteiger partial charge in [-0.3, -0.25) is 4.79 Å². The highest BCUT2D eigenvalue weighted by Crippen LogP contribution is 2.26. The number of rotatable bonds is 6. The van der Waals surface area contributed by atoms with Crippen LogP contribution >= 0.6 is 23.2 Å². The number of amides is 1. The third kappa shape index (κ3) is 4.71. The Balaban J connectivity index is 2.81. The molecule has 0 aliphatic rings. The summed E-state index contributed by atoms with van der Waals surface area (Å²) in [6, 6.07) is 5.20. The maximum Gasteiger partial charge on any atom is 0.246 e. The van der Waals surface area contributed by atoms with Gasteiger partial charge in [-0.25, -0.2) is 0 Å². The van der Waals surface area contributed by atoms with Crippen molar-refractivity contribution in [1.29, 1.82) is 0 Å². The molecule has 0 unspecified atom stereocenters. The Morgan fingerprint density at radius 3 is 2.79 bits per heavy atom.